The van der Waals surface area contributed by atoms with E-state index < -0.39 is 0 Å². The Bertz CT molecular complexity index is 8730. The molecule has 0 amide bonds. The summed E-state index contributed by atoms with van der Waals surface area (Å²) in [4.78, 5) is 42.7. The van der Waals surface area contributed by atoms with Crippen LogP contribution in [-0.4, -0.2) is 28.1 Å². The van der Waals surface area contributed by atoms with Crippen LogP contribution in [0.2, 0.25) is 0 Å². The molecule has 0 atom stereocenters. The normalized spacial score (nSPS) is 11.8. The highest BCUT2D eigenvalue weighted by atomic mass is 15.5. The fraction of sp³-hybridized carbons (Fsp3) is 0.143. The van der Waals surface area contributed by atoms with Gasteiger partial charge in [-0.2, -0.15) is 0 Å². The number of aryl methyl sites for hydroxylation is 9. The number of para-hydroxylation sites is 1. The number of rotatable bonds is 0. The molecule has 129 heavy (non-hydrogen) atoms. The summed E-state index contributed by atoms with van der Waals surface area (Å²) in [7, 11) is 0. The van der Waals surface area contributed by atoms with Crippen LogP contribution in [0.5, 0.6) is 0 Å². The number of benzene rings is 12. The molecule has 0 N–H and O–H groups in total. The third kappa shape index (κ3) is 12.7. The van der Waals surface area contributed by atoms with Crippen LogP contribution in [0.15, 0.2) is 201 Å². The zero-order chi connectivity index (χ0) is 90.0. The lowest BCUT2D eigenvalue weighted by Crippen LogP contribution is -2.36. The zero-order valence-electron chi connectivity index (χ0n) is 71.5. The van der Waals surface area contributed by atoms with Crippen molar-refractivity contribution in [2.75, 3.05) is 0 Å². The van der Waals surface area contributed by atoms with Crippen LogP contribution in [0.3, 0.4) is 0 Å². The van der Waals surface area contributed by atoms with Crippen molar-refractivity contribution in [3.8, 4) is 34.1 Å². The minimum atomic E-state index is 0.416. The molecule has 6 aliphatic rings. The quantitative estimate of drug-likeness (QED) is 0.107. The fourth-order valence-corrected chi connectivity index (χ4v) is 19.2. The van der Waals surface area contributed by atoms with Gasteiger partial charge in [0.2, 0.25) is 71.3 Å². The van der Waals surface area contributed by atoms with Crippen molar-refractivity contribution in [3.63, 3.8) is 0 Å². The van der Waals surface area contributed by atoms with Gasteiger partial charge in [-0.15, -0.1) is 56.2 Å². The maximum absolute atomic E-state index is 7.50. The molecule has 24 nitrogen and oxygen atoms in total. The largest absolute Gasteiger partial charge is 0.250 e. The lowest BCUT2D eigenvalue weighted by Gasteiger charge is -2.06. The molecule has 0 radical (unpaired) electrons. The van der Waals surface area contributed by atoms with Gasteiger partial charge in [-0.1, -0.05) is 132 Å². The molecule has 0 bridgehead atoms. The van der Waals surface area contributed by atoms with Gasteiger partial charge in [0.05, 0.1) is 117 Å². The maximum Gasteiger partial charge on any atom is 0.224 e. The Morgan fingerprint density at radius 1 is 0.217 bits per heavy atom. The van der Waals surface area contributed by atoms with Crippen molar-refractivity contribution in [1.29, 1.82) is 0 Å². The summed E-state index contributed by atoms with van der Waals surface area (Å²) in [6.07, 6.45) is 12.3. The van der Waals surface area contributed by atoms with E-state index in [-0.39, 0.29) is 0 Å². The van der Waals surface area contributed by atoms with E-state index in [9.17, 15) is 0 Å². The standard InChI is InChI=1S/3C18H13N4.3C17H11N4/c1-11-7-14-10-21-9-13-5-6-15(19-3)17(20-4)18(13)22(21)16(14)8-12(11)2;1-11-7-12(2)14-10-21-9-13-5-6-15(19-3)17(20-4)18(13)22(21)16(14)8-11;1-11-7-12(2)17-14(8-11)10-21-9-13-5-6-15(19-3)16(20-4)18(13)22(17)21;1-11-4-7-15-13(8-11)10-20-9-12-5-6-14(18-2)16(19-3)17(12)21(15)20;1-11-4-5-12-9-20-10-13-6-7-14(18-2)16(19-3)17(13)21(20)15(12)8-11;1-11-5-4-6-12-9-20-10-13-7-8-14(18-2)15(19-3)17(13)21(20)16(11)12/h3*5-9H,10H2,1-2H3;4-9H,10H2,1H3;2*4-8,10H,9H2,1H3/q6*+1. The maximum atomic E-state index is 7.50. The van der Waals surface area contributed by atoms with E-state index >= 15 is 0 Å². The van der Waals surface area contributed by atoms with E-state index in [1.807, 2.05) is 48.8 Å². The molecule has 12 aromatic carbocycles. The Morgan fingerprint density at radius 2 is 0.527 bits per heavy atom. The Morgan fingerprint density at radius 3 is 0.961 bits per heavy atom. The molecule has 0 saturated heterocycles. The summed E-state index contributed by atoms with van der Waals surface area (Å²) in [5, 5.41) is 6.01. The average Bonchev–Trinajstić information content (AvgIpc) is 1.61. The van der Waals surface area contributed by atoms with Crippen LogP contribution in [-0.2, 0) is 39.3 Å². The summed E-state index contributed by atoms with van der Waals surface area (Å²) in [6.45, 7) is 112. The van der Waals surface area contributed by atoms with Gasteiger partial charge >= 0.3 is 0 Å². The Hall–Kier alpha value is -18.7. The number of fused-ring (bicyclic) bond motifs is 30. The third-order valence-corrected chi connectivity index (χ3v) is 24.8. The Labute approximate surface area is 742 Å². The lowest BCUT2D eigenvalue weighted by molar-refractivity contribution is -0.749. The summed E-state index contributed by atoms with van der Waals surface area (Å²) in [5.41, 5.74) is 35.5. The molecule has 24 rings (SSSR count). The van der Waals surface area contributed by atoms with Crippen molar-refractivity contribution < 1.29 is 28.1 Å². The van der Waals surface area contributed by atoms with Crippen molar-refractivity contribution in [1.82, 2.24) is 28.1 Å². The SMILES string of the molecule is [C-]#[N+]c1ccc2c[n+]3n(c2c1[N+]#[C-])-c1c(C)cc(C)cc1C3.[C-]#[N+]c1ccc2c[n+]3n(c2c1[N+]#[C-])-c1c(C)cccc1C3.[C-]#[N+]c1ccc2c[n+]3n(c2c1[N+]#[C-])-c1cc(C)c(C)cc1C3.[C-]#[N+]c1ccc2c[n+]3n(c2c1[N+]#[C-])-c1cc(C)cc(C)c1C3.[C-]#[N+]c1ccc2c[n+]3n(c2c1[N+]#[C-])-c1cc(C)ccc1C3.[C-]#[N+]c1ccc2c[n+]3n(c2c1[N+]#[C-])-c1ccc(C)cc1C3. The molecular formula is C105H72N24+6. The first-order valence-corrected chi connectivity index (χ1v) is 41.2. The number of hydrogen-bond acceptors (Lipinski definition) is 0. The van der Waals surface area contributed by atoms with Crippen molar-refractivity contribution >= 4 is 134 Å². The summed E-state index contributed by atoms with van der Waals surface area (Å²) >= 11 is 0. The smallest absolute Gasteiger partial charge is 0.224 e. The molecule has 0 aliphatic carbocycles. The highest BCUT2D eigenvalue weighted by molar-refractivity contribution is 6.04. The number of hydrogen-bond donors (Lipinski definition) is 0. The van der Waals surface area contributed by atoms with Gasteiger partial charge < -0.3 is 0 Å². The topological polar surface area (TPSA) is 105 Å². The van der Waals surface area contributed by atoms with Crippen molar-refractivity contribution in [2.45, 2.75) is 102 Å². The van der Waals surface area contributed by atoms with E-state index in [0.717, 1.165) is 139 Å². The van der Waals surface area contributed by atoms with Gasteiger partial charge in [-0.3, -0.25) is 29.1 Å². The molecule has 606 valence electrons. The van der Waals surface area contributed by atoms with Crippen molar-refractivity contribution in [3.05, 3.63) is 421 Å². The van der Waals surface area contributed by atoms with Crippen LogP contribution in [0.25, 0.3) is 158 Å². The molecule has 6 aliphatic heterocycles. The summed E-state index contributed by atoms with van der Waals surface area (Å²) < 4.78 is 25.2. The van der Waals surface area contributed by atoms with E-state index in [0.29, 0.717) is 68.2 Å². The van der Waals surface area contributed by atoms with Crippen LogP contribution in [0, 0.1) is 141 Å². The summed E-state index contributed by atoms with van der Waals surface area (Å²) in [6, 6.07) is 54.0. The predicted molar refractivity (Wildman–Crippen MR) is 493 cm³/mol. The van der Waals surface area contributed by atoms with Gasteiger partial charge in [0.25, 0.3) is 0 Å². The molecular weight excluding hydrogens is 1600 g/mol. The first-order valence-electron chi connectivity index (χ1n) is 41.2. The first kappa shape index (κ1) is 80.1. The molecule has 18 aromatic rings. The van der Waals surface area contributed by atoms with Gasteiger partial charge in [0.1, 0.15) is 67.2 Å². The van der Waals surface area contributed by atoms with Gasteiger partial charge in [0.15, 0.2) is 73.4 Å². The van der Waals surface area contributed by atoms with Gasteiger partial charge in [-0.25, -0.2) is 29.1 Å². The van der Waals surface area contributed by atoms with Crippen LogP contribution >= 0.6 is 0 Å². The highest BCUT2D eigenvalue weighted by Crippen LogP contribution is 2.47. The highest BCUT2D eigenvalue weighted by Gasteiger charge is 2.39. The number of nitrogens with zero attached hydrogens (tertiary/aromatic N) is 24. The second kappa shape index (κ2) is 31.0. The van der Waals surface area contributed by atoms with E-state index in [2.05, 4.69) is 292 Å². The molecule has 24 heteroatoms. The zero-order valence-corrected chi connectivity index (χ0v) is 71.5. The fourth-order valence-electron chi connectivity index (χ4n) is 19.2. The van der Waals surface area contributed by atoms with Crippen LogP contribution in [0.1, 0.15) is 83.5 Å². The minimum absolute atomic E-state index is 0.416. The molecule has 6 aromatic heterocycles. The second-order valence-corrected chi connectivity index (χ2v) is 32.9. The van der Waals surface area contributed by atoms with E-state index in [4.69, 9.17) is 78.9 Å². The lowest BCUT2D eigenvalue weighted by atomic mass is 10.0. The van der Waals surface area contributed by atoms with Crippen LogP contribution < -0.4 is 28.1 Å². The average molecular weight is 1670 g/mol. The molecule has 0 spiro atoms. The Balaban J connectivity index is 0.000000101. The molecule has 0 fully saturated rings. The van der Waals surface area contributed by atoms with Gasteiger partial charge in [-0.05, 0) is 144 Å². The second-order valence-electron chi connectivity index (χ2n) is 32.9. The Kier molecular flexibility index (Phi) is 19.3. The molecule has 0 unspecified atom stereocenters. The molecule has 0 saturated carbocycles. The third-order valence-electron chi connectivity index (χ3n) is 24.8. The van der Waals surface area contributed by atoms with Gasteiger partial charge in [0, 0.05) is 27.8 Å². The van der Waals surface area contributed by atoms with Crippen molar-refractivity contribution in [2.24, 2.45) is 0 Å². The van der Waals surface area contributed by atoms with E-state index in [1.54, 1.807) is 36.4 Å². The van der Waals surface area contributed by atoms with E-state index in [1.165, 1.54) is 83.5 Å². The first-order chi connectivity index (χ1) is 62.6. The molecule has 12 heterocycles. The summed E-state index contributed by atoms with van der Waals surface area (Å²) in [5.74, 6) is 0. The monoisotopic (exact) mass is 1670 g/mol. The number of aromatic nitrogens is 12. The van der Waals surface area contributed by atoms with Crippen LogP contribution in [0.4, 0.5) is 68.2 Å². The minimum Gasteiger partial charge on any atom is -0.250 e. The predicted octanol–water partition coefficient (Wildman–Crippen LogP) is 23.1.